The quantitative estimate of drug-likeness (QED) is 0.430. The maximum absolute atomic E-state index is 6.02. The second-order valence-electron chi connectivity index (χ2n) is 6.15. The summed E-state index contributed by atoms with van der Waals surface area (Å²) in [6.45, 7) is 8.24. The number of hydrogen-bond donors (Lipinski definition) is 0. The van der Waals surface area contributed by atoms with Crippen LogP contribution in [0.3, 0.4) is 0 Å². The molecule has 128 valence electrons. The Bertz CT molecular complexity index is 893. The molecular formula is C21H22N2OS. The fourth-order valence-corrected chi connectivity index (χ4v) is 3.46. The summed E-state index contributed by atoms with van der Waals surface area (Å²) >= 11 is 1.63. The van der Waals surface area contributed by atoms with Crippen molar-refractivity contribution in [3.05, 3.63) is 76.5 Å². The molecular weight excluding hydrogens is 328 g/mol. The predicted octanol–water partition coefficient (Wildman–Crippen LogP) is 5.79. The van der Waals surface area contributed by atoms with Crippen molar-refractivity contribution >= 4 is 11.8 Å². The van der Waals surface area contributed by atoms with Crippen molar-refractivity contribution in [3.63, 3.8) is 0 Å². The number of hydrogen-bond acceptors (Lipinski definition) is 4. The lowest BCUT2D eigenvalue weighted by Crippen LogP contribution is -1.97. The molecule has 0 fully saturated rings. The zero-order valence-electron chi connectivity index (χ0n) is 15.0. The molecule has 0 radical (unpaired) electrons. The Morgan fingerprint density at radius 3 is 2.44 bits per heavy atom. The molecule has 0 saturated heterocycles. The van der Waals surface area contributed by atoms with Crippen molar-refractivity contribution in [1.82, 2.24) is 9.97 Å². The summed E-state index contributed by atoms with van der Waals surface area (Å²) in [5, 5.41) is 0.739. The molecule has 1 heterocycles. The van der Waals surface area contributed by atoms with E-state index in [1.54, 1.807) is 11.8 Å². The molecule has 0 aliphatic rings. The molecule has 0 saturated carbocycles. The van der Waals surface area contributed by atoms with Gasteiger partial charge < -0.3 is 4.74 Å². The fourth-order valence-electron chi connectivity index (χ4n) is 2.49. The van der Waals surface area contributed by atoms with Gasteiger partial charge in [-0.2, -0.15) is 4.98 Å². The van der Waals surface area contributed by atoms with E-state index in [1.165, 1.54) is 16.7 Å². The Morgan fingerprint density at radius 1 is 0.880 bits per heavy atom. The zero-order valence-corrected chi connectivity index (χ0v) is 15.9. The van der Waals surface area contributed by atoms with Crippen molar-refractivity contribution in [2.24, 2.45) is 0 Å². The molecule has 0 atom stereocenters. The minimum Gasteiger partial charge on any atom is -0.439 e. The van der Waals surface area contributed by atoms with Crippen LogP contribution in [0.1, 0.15) is 27.9 Å². The lowest BCUT2D eigenvalue weighted by Gasteiger charge is -2.11. The van der Waals surface area contributed by atoms with Crippen LogP contribution < -0.4 is 4.74 Å². The van der Waals surface area contributed by atoms with Crippen molar-refractivity contribution in [1.29, 1.82) is 0 Å². The second-order valence-corrected chi connectivity index (χ2v) is 7.09. The lowest BCUT2D eigenvalue weighted by atomic mass is 10.1. The molecule has 0 aliphatic heterocycles. The number of rotatable bonds is 5. The average molecular weight is 350 g/mol. The average Bonchev–Trinajstić information content (AvgIpc) is 2.58. The Balaban J connectivity index is 1.78. The Kier molecular flexibility index (Phi) is 5.39. The van der Waals surface area contributed by atoms with E-state index in [1.807, 2.05) is 25.1 Å². The summed E-state index contributed by atoms with van der Waals surface area (Å²) in [7, 11) is 0. The first kappa shape index (κ1) is 17.5. The minimum absolute atomic E-state index is 0.591. The van der Waals surface area contributed by atoms with Crippen LogP contribution in [0.4, 0.5) is 0 Å². The van der Waals surface area contributed by atoms with Gasteiger partial charge in [-0.3, -0.25) is 0 Å². The highest BCUT2D eigenvalue weighted by atomic mass is 32.2. The van der Waals surface area contributed by atoms with Crippen molar-refractivity contribution in [3.8, 4) is 11.6 Å². The SMILES string of the molecule is Cc1cc(Oc2cccc(C)c2C)nc(SCc2ccccc2C)n1. The van der Waals surface area contributed by atoms with Gasteiger partial charge in [-0.05, 0) is 56.0 Å². The topological polar surface area (TPSA) is 35.0 Å². The molecule has 0 aliphatic carbocycles. The van der Waals surface area contributed by atoms with Gasteiger partial charge in [-0.25, -0.2) is 4.98 Å². The summed E-state index contributed by atoms with van der Waals surface area (Å²) in [5.41, 5.74) is 5.83. The number of aromatic nitrogens is 2. The maximum Gasteiger partial charge on any atom is 0.223 e. The third kappa shape index (κ3) is 4.40. The molecule has 1 aromatic heterocycles. The summed E-state index contributed by atoms with van der Waals surface area (Å²) in [6, 6.07) is 16.3. The van der Waals surface area contributed by atoms with Crippen LogP contribution >= 0.6 is 11.8 Å². The highest BCUT2D eigenvalue weighted by molar-refractivity contribution is 7.98. The molecule has 3 rings (SSSR count). The molecule has 25 heavy (non-hydrogen) atoms. The molecule has 0 N–H and O–H groups in total. The van der Waals surface area contributed by atoms with E-state index in [0.29, 0.717) is 5.88 Å². The van der Waals surface area contributed by atoms with E-state index in [2.05, 4.69) is 61.1 Å². The third-order valence-corrected chi connectivity index (χ3v) is 5.09. The molecule has 0 spiro atoms. The van der Waals surface area contributed by atoms with E-state index in [0.717, 1.165) is 27.9 Å². The van der Waals surface area contributed by atoms with Gasteiger partial charge in [0.25, 0.3) is 0 Å². The van der Waals surface area contributed by atoms with Gasteiger partial charge in [0.2, 0.25) is 5.88 Å². The Hall–Kier alpha value is -2.33. The highest BCUT2D eigenvalue weighted by Gasteiger charge is 2.09. The minimum atomic E-state index is 0.591. The molecule has 0 unspecified atom stereocenters. The number of nitrogens with zero attached hydrogens (tertiary/aromatic N) is 2. The largest absolute Gasteiger partial charge is 0.439 e. The van der Waals surface area contributed by atoms with E-state index in [9.17, 15) is 0 Å². The number of benzene rings is 2. The smallest absolute Gasteiger partial charge is 0.223 e. The van der Waals surface area contributed by atoms with Crippen molar-refractivity contribution in [2.45, 2.75) is 38.6 Å². The first-order valence-corrected chi connectivity index (χ1v) is 9.28. The van der Waals surface area contributed by atoms with Gasteiger partial charge in [-0.15, -0.1) is 0 Å². The summed E-state index contributed by atoms with van der Waals surface area (Å²) in [6.07, 6.45) is 0. The van der Waals surface area contributed by atoms with Crippen molar-refractivity contribution in [2.75, 3.05) is 0 Å². The van der Waals surface area contributed by atoms with Crippen LogP contribution in [0.2, 0.25) is 0 Å². The molecule has 0 amide bonds. The number of aryl methyl sites for hydroxylation is 3. The lowest BCUT2D eigenvalue weighted by molar-refractivity contribution is 0.451. The molecule has 4 heteroatoms. The van der Waals surface area contributed by atoms with E-state index in [-0.39, 0.29) is 0 Å². The highest BCUT2D eigenvalue weighted by Crippen LogP contribution is 2.28. The fraction of sp³-hybridized carbons (Fsp3) is 0.238. The van der Waals surface area contributed by atoms with Crippen LogP contribution in [0.5, 0.6) is 11.6 Å². The molecule has 0 bridgehead atoms. The van der Waals surface area contributed by atoms with Crippen molar-refractivity contribution < 1.29 is 4.74 Å². The number of ether oxygens (including phenoxy) is 1. The first-order chi connectivity index (χ1) is 12.0. The van der Waals surface area contributed by atoms with Crippen LogP contribution in [0.25, 0.3) is 0 Å². The van der Waals surface area contributed by atoms with Gasteiger partial charge >= 0.3 is 0 Å². The maximum atomic E-state index is 6.02. The zero-order chi connectivity index (χ0) is 17.8. The standard InChI is InChI=1S/C21H22N2OS/c1-14-9-7-11-19(17(14)4)24-20-12-16(3)22-21(23-20)25-13-18-10-6-5-8-15(18)2/h5-12H,13H2,1-4H3. The monoisotopic (exact) mass is 350 g/mol. The van der Waals surface area contributed by atoms with Gasteiger partial charge in [0.05, 0.1) is 0 Å². The van der Waals surface area contributed by atoms with E-state index >= 15 is 0 Å². The first-order valence-electron chi connectivity index (χ1n) is 8.30. The third-order valence-electron chi connectivity index (χ3n) is 4.20. The van der Waals surface area contributed by atoms with E-state index < -0.39 is 0 Å². The van der Waals surface area contributed by atoms with Gasteiger partial charge in [-0.1, -0.05) is 48.2 Å². The molecule has 2 aromatic carbocycles. The summed E-state index contributed by atoms with van der Waals surface area (Å²) < 4.78 is 6.02. The number of thioether (sulfide) groups is 1. The van der Waals surface area contributed by atoms with Gasteiger partial charge in [0, 0.05) is 17.5 Å². The Labute approximate surface area is 153 Å². The van der Waals surface area contributed by atoms with Gasteiger partial charge in [0.1, 0.15) is 5.75 Å². The van der Waals surface area contributed by atoms with Crippen LogP contribution in [-0.2, 0) is 5.75 Å². The summed E-state index contributed by atoms with van der Waals surface area (Å²) in [5.74, 6) is 2.28. The second kappa shape index (κ2) is 7.70. The van der Waals surface area contributed by atoms with E-state index in [4.69, 9.17) is 4.74 Å². The van der Waals surface area contributed by atoms with Crippen LogP contribution in [0.15, 0.2) is 53.7 Å². The summed E-state index contributed by atoms with van der Waals surface area (Å²) in [4.78, 5) is 9.11. The molecule has 3 aromatic rings. The van der Waals surface area contributed by atoms with Gasteiger partial charge in [0.15, 0.2) is 5.16 Å². The normalized spacial score (nSPS) is 10.7. The molecule has 3 nitrogen and oxygen atoms in total. The predicted molar refractivity (Wildman–Crippen MR) is 103 cm³/mol. The van der Waals surface area contributed by atoms with Crippen LogP contribution in [0, 0.1) is 27.7 Å². The van der Waals surface area contributed by atoms with Crippen LogP contribution in [-0.4, -0.2) is 9.97 Å². The Morgan fingerprint density at radius 2 is 1.64 bits per heavy atom.